The second-order valence-electron chi connectivity index (χ2n) is 8.76. The Kier molecular flexibility index (Phi) is 7.82. The maximum absolute atomic E-state index is 15.6. The lowest BCUT2D eigenvalue weighted by atomic mass is 10.0. The van der Waals surface area contributed by atoms with Crippen molar-refractivity contribution in [3.63, 3.8) is 0 Å². The number of aromatic nitrogens is 2. The lowest BCUT2D eigenvalue weighted by Crippen LogP contribution is -2.31. The smallest absolute Gasteiger partial charge is 0.212 e. The van der Waals surface area contributed by atoms with E-state index in [9.17, 15) is 9.90 Å². The maximum Gasteiger partial charge on any atom is 0.212 e. The Morgan fingerprint density at radius 1 is 1.43 bits per heavy atom. The summed E-state index contributed by atoms with van der Waals surface area (Å²) in [6.45, 7) is 3.84. The first-order chi connectivity index (χ1) is 16.9. The Balaban J connectivity index is 0.000000894. The number of hydrogen-bond acceptors (Lipinski definition) is 7. The van der Waals surface area contributed by atoms with Gasteiger partial charge in [-0.25, -0.2) is 9.38 Å². The van der Waals surface area contributed by atoms with E-state index < -0.39 is 5.82 Å². The second kappa shape index (κ2) is 11.0. The summed E-state index contributed by atoms with van der Waals surface area (Å²) in [7, 11) is 1.80. The first-order valence-electron chi connectivity index (χ1n) is 11.6. The summed E-state index contributed by atoms with van der Waals surface area (Å²) in [5, 5.41) is 19.9. The van der Waals surface area contributed by atoms with Gasteiger partial charge < -0.3 is 20.2 Å². The number of amides is 1. The molecule has 0 radical (unpaired) electrons. The van der Waals surface area contributed by atoms with Crippen LogP contribution in [0.1, 0.15) is 44.1 Å². The fourth-order valence-electron chi connectivity index (χ4n) is 4.19. The number of carbonyl (C=O) groups excluding carboxylic acids is 1. The van der Waals surface area contributed by atoms with Crippen LogP contribution in [0.4, 0.5) is 10.1 Å². The summed E-state index contributed by atoms with van der Waals surface area (Å²) in [5.41, 5.74) is 1.66. The van der Waals surface area contributed by atoms with Crippen molar-refractivity contribution in [3.8, 4) is 0 Å². The Bertz CT molecular complexity index is 1190. The number of nitrogens with zero attached hydrogens (tertiary/aromatic N) is 5. The number of rotatable bonds is 7. The van der Waals surface area contributed by atoms with Crippen LogP contribution in [0.5, 0.6) is 0 Å². The van der Waals surface area contributed by atoms with E-state index in [0.717, 1.165) is 6.42 Å². The van der Waals surface area contributed by atoms with Gasteiger partial charge in [-0.2, -0.15) is 5.10 Å². The third kappa shape index (κ3) is 5.54. The Morgan fingerprint density at radius 2 is 2.20 bits per heavy atom. The third-order valence-corrected chi connectivity index (χ3v) is 6.48. The number of carbonyl (C=O) groups is 1. The summed E-state index contributed by atoms with van der Waals surface area (Å²) < 4.78 is 15.6. The topological polar surface area (TPSA) is 109 Å². The molecular weight excluding hydrogens is 473 g/mol. The number of fused-ring (bicyclic) bond motifs is 1. The monoisotopic (exact) mass is 501 g/mol. The molecule has 186 valence electrons. The van der Waals surface area contributed by atoms with Crippen molar-refractivity contribution in [2.24, 2.45) is 9.98 Å². The Labute approximate surface area is 208 Å². The Hall–Kier alpha value is -3.24. The number of aliphatic hydroxyl groups excluding tert-OH is 1. The average Bonchev–Trinajstić information content (AvgIpc) is 3.56. The molecule has 11 heteroatoms. The second-order valence-corrected chi connectivity index (χ2v) is 9.14. The molecule has 9 nitrogen and oxygen atoms in total. The van der Waals surface area contributed by atoms with Gasteiger partial charge in [-0.15, -0.1) is 0 Å². The number of anilines is 1. The molecule has 3 aliphatic rings. The minimum atomic E-state index is -0.581. The summed E-state index contributed by atoms with van der Waals surface area (Å²) in [4.78, 5) is 22.4. The molecule has 0 saturated heterocycles. The zero-order valence-corrected chi connectivity index (χ0v) is 20.3. The molecule has 1 aliphatic heterocycles. The molecule has 2 fully saturated rings. The van der Waals surface area contributed by atoms with Crippen LogP contribution in [-0.2, 0) is 4.79 Å². The molecule has 2 heterocycles. The van der Waals surface area contributed by atoms with Gasteiger partial charge in [-0.05, 0) is 26.0 Å². The number of H-pyrrole nitrogens is 1. The van der Waals surface area contributed by atoms with Crippen LogP contribution >= 0.6 is 11.6 Å². The van der Waals surface area contributed by atoms with E-state index in [-0.39, 0.29) is 23.0 Å². The molecule has 2 saturated carbocycles. The predicted octanol–water partition coefficient (Wildman–Crippen LogP) is 3.81. The lowest BCUT2D eigenvalue weighted by molar-refractivity contribution is -0.108. The van der Waals surface area contributed by atoms with Gasteiger partial charge in [-0.1, -0.05) is 30.9 Å². The molecule has 2 unspecified atom stereocenters. The highest BCUT2D eigenvalue weighted by atomic mass is 35.5. The fraction of sp³-hybridized carbons (Fsp3) is 0.417. The molecule has 2 aromatic rings. The minimum Gasteiger partial charge on any atom is -0.393 e. The number of aliphatic imine (C=N–C) groups is 2. The predicted molar refractivity (Wildman–Crippen MR) is 137 cm³/mol. The molecule has 2 aliphatic carbocycles. The van der Waals surface area contributed by atoms with Gasteiger partial charge in [0.05, 0.1) is 35.1 Å². The molecular formula is C24H29ClFN7O2. The van der Waals surface area contributed by atoms with Crippen LogP contribution in [0.3, 0.4) is 0 Å². The summed E-state index contributed by atoms with van der Waals surface area (Å²) in [6, 6.07) is -0.00407. The number of hydrogen-bond donors (Lipinski definition) is 3. The Morgan fingerprint density at radius 3 is 2.83 bits per heavy atom. The largest absolute Gasteiger partial charge is 0.393 e. The van der Waals surface area contributed by atoms with E-state index in [1.165, 1.54) is 19.3 Å². The highest BCUT2D eigenvalue weighted by molar-refractivity contribution is 6.34. The number of aliphatic hydroxyl groups is 1. The minimum absolute atomic E-state index is 0.00407. The van der Waals surface area contributed by atoms with Crippen LogP contribution in [-0.4, -0.2) is 65.3 Å². The lowest BCUT2D eigenvalue weighted by Gasteiger charge is -2.28. The number of benzene rings is 1. The van der Waals surface area contributed by atoms with E-state index in [0.29, 0.717) is 53.6 Å². The summed E-state index contributed by atoms with van der Waals surface area (Å²) >= 11 is 6.55. The third-order valence-electron chi connectivity index (χ3n) is 6.13. The van der Waals surface area contributed by atoms with Crippen LogP contribution in [0.15, 0.2) is 34.4 Å². The molecule has 35 heavy (non-hydrogen) atoms. The van der Waals surface area contributed by atoms with Crippen molar-refractivity contribution in [2.75, 3.05) is 18.5 Å². The van der Waals surface area contributed by atoms with Crippen molar-refractivity contribution in [3.05, 3.63) is 40.8 Å². The number of aromatic amines is 1. The molecule has 3 N–H and O–H groups in total. The van der Waals surface area contributed by atoms with Gasteiger partial charge >= 0.3 is 0 Å². The number of nitrogens with one attached hydrogen (secondary N) is 2. The first-order valence-corrected chi connectivity index (χ1v) is 12.0. The van der Waals surface area contributed by atoms with Crippen molar-refractivity contribution >= 4 is 53.2 Å². The molecule has 1 aromatic carbocycles. The fourth-order valence-corrected chi connectivity index (χ4v) is 4.47. The van der Waals surface area contributed by atoms with Gasteiger partial charge in [0.1, 0.15) is 11.5 Å². The zero-order valence-electron chi connectivity index (χ0n) is 19.5. The van der Waals surface area contributed by atoms with Crippen LogP contribution in [0.25, 0.3) is 16.6 Å². The molecule has 1 amide bonds. The molecule has 2 atom stereocenters. The van der Waals surface area contributed by atoms with E-state index in [2.05, 4.69) is 32.2 Å². The van der Waals surface area contributed by atoms with Crippen molar-refractivity contribution < 1.29 is 14.3 Å². The van der Waals surface area contributed by atoms with Crippen molar-refractivity contribution in [1.29, 1.82) is 0 Å². The SMILES string of the molecule is C1CC1.C=N/C(=C\N1C=C(c2c(Cl)c(F)c(N(C)C3CCC(O)C3)c3[nH]ncc23)N=CC1)NC=O. The standard InChI is InChI=1S/C21H23ClFN7O2.C3H6/c1-24-16(26-11-31)10-30-6-5-25-15(9-30)17-14-8-27-28-20(14)21(19(23)18(17)22)29(2)12-3-4-13(32)7-12;1-2-3-1/h5,8-13,32H,1,3-4,6-7H2,2H3,(H,26,31)(H,27,28);1-3H2/b16-10+;. The van der Waals surface area contributed by atoms with Gasteiger partial charge in [0, 0.05) is 42.7 Å². The highest BCUT2D eigenvalue weighted by Crippen LogP contribution is 2.42. The van der Waals surface area contributed by atoms with Crippen LogP contribution < -0.4 is 10.2 Å². The summed E-state index contributed by atoms with van der Waals surface area (Å²) in [5.74, 6) is -0.325. The van der Waals surface area contributed by atoms with E-state index in [4.69, 9.17) is 11.6 Å². The normalized spacial score (nSPS) is 21.3. The van der Waals surface area contributed by atoms with Crippen LogP contribution in [0.2, 0.25) is 5.02 Å². The molecule has 0 spiro atoms. The van der Waals surface area contributed by atoms with Gasteiger partial charge in [0.2, 0.25) is 6.41 Å². The van der Waals surface area contributed by atoms with E-state index in [1.807, 2.05) is 4.90 Å². The van der Waals surface area contributed by atoms with Gasteiger partial charge in [0.25, 0.3) is 0 Å². The number of halogens is 2. The quantitative estimate of drug-likeness (QED) is 0.395. The van der Waals surface area contributed by atoms with Gasteiger partial charge in [0.15, 0.2) is 5.82 Å². The first kappa shape index (κ1) is 24.9. The zero-order chi connectivity index (χ0) is 24.9. The molecule has 0 bridgehead atoms. The molecule has 1 aromatic heterocycles. The van der Waals surface area contributed by atoms with E-state index in [1.54, 1.807) is 36.8 Å². The van der Waals surface area contributed by atoms with Gasteiger partial charge in [-0.3, -0.25) is 14.9 Å². The summed E-state index contributed by atoms with van der Waals surface area (Å²) in [6.07, 6.45) is 13.1. The highest BCUT2D eigenvalue weighted by Gasteiger charge is 2.31. The molecule has 5 rings (SSSR count). The average molecular weight is 502 g/mol. The van der Waals surface area contributed by atoms with Crippen molar-refractivity contribution in [2.45, 2.75) is 50.7 Å². The van der Waals surface area contributed by atoms with E-state index >= 15 is 4.39 Å². The van der Waals surface area contributed by atoms with Crippen molar-refractivity contribution in [1.82, 2.24) is 20.4 Å². The maximum atomic E-state index is 15.6. The van der Waals surface area contributed by atoms with Crippen LogP contribution in [0, 0.1) is 5.82 Å².